The second-order valence-electron chi connectivity index (χ2n) is 5.44. The third kappa shape index (κ3) is 4.98. The summed E-state index contributed by atoms with van der Waals surface area (Å²) in [6.45, 7) is 2.55. The van der Waals surface area contributed by atoms with Crippen LogP contribution < -0.4 is 10.1 Å². The molecule has 0 aromatic heterocycles. The van der Waals surface area contributed by atoms with Gasteiger partial charge in [0, 0.05) is 17.3 Å². The van der Waals surface area contributed by atoms with Crippen LogP contribution in [0.15, 0.2) is 48.5 Å². The topological polar surface area (TPSA) is 41.6 Å². The fourth-order valence-electron chi connectivity index (χ4n) is 2.17. The van der Waals surface area contributed by atoms with E-state index in [0.29, 0.717) is 17.3 Å². The molecule has 2 aromatic rings. The summed E-state index contributed by atoms with van der Waals surface area (Å²) < 4.78 is 5.15. The van der Waals surface area contributed by atoms with Crippen LogP contribution in [0.5, 0.6) is 5.75 Å². The number of likely N-dealkylation sites (N-methyl/N-ethyl adjacent to an activating group) is 1. The SMILES string of the molecule is COc1ccc(CN(C)[C@H](C)C(=O)Nc2cccc(Cl)c2)cc1. The second kappa shape index (κ2) is 7.99. The molecule has 0 saturated carbocycles. The smallest absolute Gasteiger partial charge is 0.241 e. The summed E-state index contributed by atoms with van der Waals surface area (Å²) in [5.41, 5.74) is 1.82. The first kappa shape index (κ1) is 17.3. The van der Waals surface area contributed by atoms with Crippen molar-refractivity contribution in [2.45, 2.75) is 19.5 Å². The number of hydrogen-bond donors (Lipinski definition) is 1. The van der Waals surface area contributed by atoms with Crippen LogP contribution in [0.3, 0.4) is 0 Å². The first-order chi connectivity index (χ1) is 11.0. The lowest BCUT2D eigenvalue weighted by Gasteiger charge is -2.24. The number of ether oxygens (including phenoxy) is 1. The van der Waals surface area contributed by atoms with E-state index in [1.165, 1.54) is 0 Å². The van der Waals surface area contributed by atoms with E-state index in [2.05, 4.69) is 5.32 Å². The van der Waals surface area contributed by atoms with Gasteiger partial charge in [-0.1, -0.05) is 29.8 Å². The molecule has 4 nitrogen and oxygen atoms in total. The maximum absolute atomic E-state index is 12.3. The number of benzene rings is 2. The molecule has 0 bridgehead atoms. The molecule has 0 unspecified atom stereocenters. The van der Waals surface area contributed by atoms with Crippen LogP contribution in [0.25, 0.3) is 0 Å². The highest BCUT2D eigenvalue weighted by Gasteiger charge is 2.18. The van der Waals surface area contributed by atoms with Gasteiger partial charge in [0.25, 0.3) is 0 Å². The summed E-state index contributed by atoms with van der Waals surface area (Å²) >= 11 is 5.93. The molecule has 0 fully saturated rings. The first-order valence-electron chi connectivity index (χ1n) is 7.39. The Kier molecular flexibility index (Phi) is 6.02. The first-order valence-corrected chi connectivity index (χ1v) is 7.77. The summed E-state index contributed by atoms with van der Waals surface area (Å²) in [7, 11) is 3.57. The van der Waals surface area contributed by atoms with E-state index in [-0.39, 0.29) is 11.9 Å². The van der Waals surface area contributed by atoms with E-state index in [1.54, 1.807) is 19.2 Å². The Labute approximate surface area is 142 Å². The molecule has 0 aliphatic heterocycles. The van der Waals surface area contributed by atoms with Crippen molar-refractivity contribution in [3.8, 4) is 5.75 Å². The molecular weight excluding hydrogens is 312 g/mol. The quantitative estimate of drug-likeness (QED) is 0.874. The van der Waals surface area contributed by atoms with Crippen molar-refractivity contribution in [1.29, 1.82) is 0 Å². The minimum atomic E-state index is -0.268. The maximum Gasteiger partial charge on any atom is 0.241 e. The van der Waals surface area contributed by atoms with E-state index in [4.69, 9.17) is 16.3 Å². The molecule has 2 aromatic carbocycles. The number of methoxy groups -OCH3 is 1. The van der Waals surface area contributed by atoms with Gasteiger partial charge in [0.05, 0.1) is 13.2 Å². The molecule has 0 heterocycles. The van der Waals surface area contributed by atoms with Crippen molar-refractivity contribution >= 4 is 23.2 Å². The molecule has 1 N–H and O–H groups in total. The van der Waals surface area contributed by atoms with Crippen molar-refractivity contribution in [3.05, 3.63) is 59.1 Å². The van der Waals surface area contributed by atoms with Gasteiger partial charge in [-0.15, -0.1) is 0 Å². The fourth-order valence-corrected chi connectivity index (χ4v) is 2.36. The van der Waals surface area contributed by atoms with E-state index in [9.17, 15) is 4.79 Å². The Balaban J connectivity index is 1.95. The molecule has 1 amide bonds. The highest BCUT2D eigenvalue weighted by atomic mass is 35.5. The molecule has 23 heavy (non-hydrogen) atoms. The zero-order valence-electron chi connectivity index (χ0n) is 13.5. The molecule has 0 aliphatic rings. The Hall–Kier alpha value is -2.04. The van der Waals surface area contributed by atoms with Crippen LogP contribution in [0.2, 0.25) is 5.02 Å². The summed E-state index contributed by atoms with van der Waals surface area (Å²) in [4.78, 5) is 14.3. The summed E-state index contributed by atoms with van der Waals surface area (Å²) in [6, 6.07) is 14.7. The number of rotatable bonds is 6. The lowest BCUT2D eigenvalue weighted by Crippen LogP contribution is -2.39. The number of anilines is 1. The largest absolute Gasteiger partial charge is 0.497 e. The molecule has 2 rings (SSSR count). The Bertz CT molecular complexity index is 658. The van der Waals surface area contributed by atoms with E-state index in [0.717, 1.165) is 11.3 Å². The van der Waals surface area contributed by atoms with Crippen LogP contribution >= 0.6 is 11.6 Å². The van der Waals surface area contributed by atoms with E-state index >= 15 is 0 Å². The third-order valence-electron chi connectivity index (χ3n) is 3.72. The normalized spacial score (nSPS) is 12.0. The van der Waals surface area contributed by atoms with Gasteiger partial charge in [0.1, 0.15) is 5.75 Å². The van der Waals surface area contributed by atoms with Crippen molar-refractivity contribution in [3.63, 3.8) is 0 Å². The Morgan fingerprint density at radius 3 is 2.57 bits per heavy atom. The average Bonchev–Trinajstić information content (AvgIpc) is 2.54. The van der Waals surface area contributed by atoms with Crippen molar-refractivity contribution in [2.24, 2.45) is 0 Å². The number of carbonyl (C=O) groups is 1. The zero-order valence-corrected chi connectivity index (χ0v) is 14.3. The molecule has 5 heteroatoms. The molecule has 0 aliphatic carbocycles. The van der Waals surface area contributed by atoms with Gasteiger partial charge in [-0.25, -0.2) is 0 Å². The van der Waals surface area contributed by atoms with Gasteiger partial charge in [-0.2, -0.15) is 0 Å². The lowest BCUT2D eigenvalue weighted by atomic mass is 10.1. The standard InChI is InChI=1S/C18H21ClN2O2/c1-13(18(22)20-16-6-4-5-15(19)11-16)21(2)12-14-7-9-17(23-3)10-8-14/h4-11,13H,12H2,1-3H3,(H,20,22)/t13-/m1/s1. The fraction of sp³-hybridized carbons (Fsp3) is 0.278. The predicted molar refractivity (Wildman–Crippen MR) is 94.0 cm³/mol. The molecule has 0 saturated heterocycles. The monoisotopic (exact) mass is 332 g/mol. The number of halogens is 1. The van der Waals surface area contributed by atoms with Gasteiger partial charge in [-0.3, -0.25) is 9.69 Å². The van der Waals surface area contributed by atoms with Gasteiger partial charge in [0.15, 0.2) is 0 Å². The molecule has 0 radical (unpaired) electrons. The highest BCUT2D eigenvalue weighted by Crippen LogP contribution is 2.17. The number of nitrogens with zero attached hydrogens (tertiary/aromatic N) is 1. The Morgan fingerprint density at radius 1 is 1.26 bits per heavy atom. The Morgan fingerprint density at radius 2 is 1.96 bits per heavy atom. The number of hydrogen-bond acceptors (Lipinski definition) is 3. The van der Waals surface area contributed by atoms with Crippen LogP contribution in [-0.4, -0.2) is 31.0 Å². The summed E-state index contributed by atoms with van der Waals surface area (Å²) in [5.74, 6) is 0.756. The van der Waals surface area contributed by atoms with Gasteiger partial charge < -0.3 is 10.1 Å². The number of nitrogens with one attached hydrogen (secondary N) is 1. The molecule has 1 atom stereocenters. The van der Waals surface area contributed by atoms with Gasteiger partial charge >= 0.3 is 0 Å². The molecule has 0 spiro atoms. The lowest BCUT2D eigenvalue weighted by molar-refractivity contribution is -0.120. The third-order valence-corrected chi connectivity index (χ3v) is 3.96. The molecule has 122 valence electrons. The average molecular weight is 333 g/mol. The van der Waals surface area contributed by atoms with E-state index in [1.807, 2.05) is 55.3 Å². The van der Waals surface area contributed by atoms with Crippen LogP contribution in [0, 0.1) is 0 Å². The van der Waals surface area contributed by atoms with Crippen molar-refractivity contribution < 1.29 is 9.53 Å². The predicted octanol–water partition coefficient (Wildman–Crippen LogP) is 3.81. The van der Waals surface area contributed by atoms with Gasteiger partial charge in [-0.05, 0) is 49.9 Å². The summed E-state index contributed by atoms with van der Waals surface area (Å²) in [5, 5.41) is 3.48. The zero-order chi connectivity index (χ0) is 16.8. The molecular formula is C18H21ClN2O2. The van der Waals surface area contributed by atoms with Gasteiger partial charge in [0.2, 0.25) is 5.91 Å². The highest BCUT2D eigenvalue weighted by molar-refractivity contribution is 6.30. The van der Waals surface area contributed by atoms with E-state index < -0.39 is 0 Å². The van der Waals surface area contributed by atoms with Crippen LogP contribution in [-0.2, 0) is 11.3 Å². The van der Waals surface area contributed by atoms with Crippen molar-refractivity contribution in [2.75, 3.05) is 19.5 Å². The number of amides is 1. The minimum Gasteiger partial charge on any atom is -0.497 e. The maximum atomic E-state index is 12.3. The number of carbonyl (C=O) groups excluding carboxylic acids is 1. The minimum absolute atomic E-state index is 0.0664. The van der Waals surface area contributed by atoms with Crippen molar-refractivity contribution in [1.82, 2.24) is 4.90 Å². The van der Waals surface area contributed by atoms with Crippen LogP contribution in [0.1, 0.15) is 12.5 Å². The summed E-state index contributed by atoms with van der Waals surface area (Å²) in [6.07, 6.45) is 0. The second-order valence-corrected chi connectivity index (χ2v) is 5.88. The van der Waals surface area contributed by atoms with Crippen LogP contribution in [0.4, 0.5) is 5.69 Å².